The normalized spacial score (nSPS) is 17.5. The second-order valence-corrected chi connectivity index (χ2v) is 10.2. The zero-order valence-corrected chi connectivity index (χ0v) is 22.5. The number of nitrogens with one attached hydrogen (secondary N) is 1. The molecule has 1 fully saturated rings. The number of hydrogen-bond acceptors (Lipinski definition) is 8. The fourth-order valence-corrected chi connectivity index (χ4v) is 5.38. The Bertz CT molecular complexity index is 1550. The molecule has 3 aromatic heterocycles. The fraction of sp³-hybridized carbons (Fsp3) is 0.250. The van der Waals surface area contributed by atoms with Crippen molar-refractivity contribution in [3.63, 3.8) is 0 Å². The largest absolute Gasteiger partial charge is 0.349 e. The zero-order valence-electron chi connectivity index (χ0n) is 21.6. The molecular formula is C28H28N8O2S. The first kappa shape index (κ1) is 25.1. The number of aromatic nitrogens is 6. The number of carbonyl (C=O) groups is 1. The van der Waals surface area contributed by atoms with Gasteiger partial charge < -0.3 is 5.32 Å². The summed E-state index contributed by atoms with van der Waals surface area (Å²) in [7, 11) is 1.88. The summed E-state index contributed by atoms with van der Waals surface area (Å²) in [5, 5.41) is 20.3. The second kappa shape index (κ2) is 10.9. The number of para-hydroxylation sites is 1. The lowest BCUT2D eigenvalue weighted by atomic mass is 10.0. The molecule has 0 aliphatic carbocycles. The van der Waals surface area contributed by atoms with Gasteiger partial charge >= 0.3 is 0 Å². The lowest BCUT2D eigenvalue weighted by Gasteiger charge is -2.19. The van der Waals surface area contributed by atoms with Crippen molar-refractivity contribution >= 4 is 17.4 Å². The van der Waals surface area contributed by atoms with Crippen molar-refractivity contribution in [3.05, 3.63) is 101 Å². The Morgan fingerprint density at radius 2 is 1.90 bits per heavy atom. The van der Waals surface area contributed by atoms with Crippen LogP contribution in [0, 0.1) is 6.92 Å². The van der Waals surface area contributed by atoms with Gasteiger partial charge in [-0.15, -0.1) is 5.10 Å². The zero-order chi connectivity index (χ0) is 26.8. The summed E-state index contributed by atoms with van der Waals surface area (Å²) in [5.74, 6) is -0.0976. The third-order valence-electron chi connectivity index (χ3n) is 6.80. The van der Waals surface area contributed by atoms with Crippen LogP contribution < -0.4 is 5.32 Å². The molecule has 5 aromatic rings. The molecule has 2 aromatic carbocycles. The van der Waals surface area contributed by atoms with Crippen molar-refractivity contribution in [1.29, 1.82) is 0 Å². The molecule has 1 aliphatic rings. The van der Waals surface area contributed by atoms with Crippen molar-refractivity contribution in [1.82, 2.24) is 39.5 Å². The van der Waals surface area contributed by atoms with Crippen molar-refractivity contribution in [2.45, 2.75) is 32.0 Å². The number of hydrogen-bond donors (Lipinski definition) is 1. The van der Waals surface area contributed by atoms with Gasteiger partial charge in [0, 0.05) is 30.7 Å². The van der Waals surface area contributed by atoms with Crippen LogP contribution in [0.3, 0.4) is 0 Å². The molecule has 1 amide bonds. The summed E-state index contributed by atoms with van der Waals surface area (Å²) >= 11 is 1.31. The van der Waals surface area contributed by atoms with Gasteiger partial charge in [-0.3, -0.25) is 14.3 Å². The van der Waals surface area contributed by atoms with E-state index in [0.717, 1.165) is 39.5 Å². The summed E-state index contributed by atoms with van der Waals surface area (Å²) in [4.78, 5) is 19.9. The number of aryl methyl sites for hydroxylation is 1. The maximum atomic E-state index is 13.6. The van der Waals surface area contributed by atoms with E-state index in [2.05, 4.69) is 20.0 Å². The average Bonchev–Trinajstić information content (AvgIpc) is 3.75. The Hall–Kier alpha value is -4.19. The first-order chi connectivity index (χ1) is 19.0. The van der Waals surface area contributed by atoms with Gasteiger partial charge in [-0.25, -0.2) is 4.68 Å². The van der Waals surface area contributed by atoms with Crippen LogP contribution in [0.25, 0.3) is 16.9 Å². The first-order valence-corrected chi connectivity index (χ1v) is 13.5. The average molecular weight is 541 g/mol. The Morgan fingerprint density at radius 3 is 2.59 bits per heavy atom. The minimum absolute atomic E-state index is 0.0976. The minimum Gasteiger partial charge on any atom is -0.349 e. The van der Waals surface area contributed by atoms with Crippen molar-refractivity contribution in [3.8, 4) is 16.9 Å². The van der Waals surface area contributed by atoms with Gasteiger partial charge in [0.15, 0.2) is 0 Å². The van der Waals surface area contributed by atoms with Crippen LogP contribution >= 0.6 is 11.5 Å². The van der Waals surface area contributed by atoms with Crippen molar-refractivity contribution in [2.75, 3.05) is 6.54 Å². The Kier molecular flexibility index (Phi) is 7.01. The molecule has 1 N–H and O–H groups in total. The topological polar surface area (TPSA) is 103 Å². The molecule has 198 valence electrons. The van der Waals surface area contributed by atoms with Crippen LogP contribution in [0.4, 0.5) is 0 Å². The smallest absolute Gasteiger partial charge is 0.226 e. The summed E-state index contributed by atoms with van der Waals surface area (Å²) < 4.78 is 7.56. The second-order valence-electron chi connectivity index (χ2n) is 9.58. The first-order valence-electron chi connectivity index (χ1n) is 12.7. The molecule has 4 heterocycles. The van der Waals surface area contributed by atoms with Crippen LogP contribution in [0.5, 0.6) is 0 Å². The summed E-state index contributed by atoms with van der Waals surface area (Å²) in [5.41, 5.74) is 6.24. The van der Waals surface area contributed by atoms with Gasteiger partial charge in [0.05, 0.1) is 48.0 Å². The molecule has 39 heavy (non-hydrogen) atoms. The van der Waals surface area contributed by atoms with E-state index < -0.39 is 0 Å². The van der Waals surface area contributed by atoms with Gasteiger partial charge in [-0.05, 0) is 41.7 Å². The van der Waals surface area contributed by atoms with E-state index in [1.165, 1.54) is 11.5 Å². The number of benzene rings is 2. The quantitative estimate of drug-likeness (QED) is 0.321. The molecule has 2 atom stereocenters. The van der Waals surface area contributed by atoms with Crippen molar-refractivity contribution < 1.29 is 9.63 Å². The molecule has 1 aliphatic heterocycles. The maximum absolute atomic E-state index is 13.6. The molecule has 1 saturated heterocycles. The van der Waals surface area contributed by atoms with E-state index in [1.54, 1.807) is 10.9 Å². The lowest BCUT2D eigenvalue weighted by molar-refractivity contribution is -0.156. The molecule has 10 nitrogen and oxygen atoms in total. The number of carbonyl (C=O) groups excluding carboxylic acids is 1. The minimum atomic E-state index is -0.312. The highest BCUT2D eigenvalue weighted by Gasteiger charge is 2.37. The van der Waals surface area contributed by atoms with Gasteiger partial charge in [0.1, 0.15) is 6.10 Å². The SMILES string of the molecule is Cc1c(-c2cnn(C)c2)nn(-c2ccccc2)c1CC(=O)N[C@@H]1CN(Cc2csnn2)O[C@H]1c1ccccc1. The Labute approximate surface area is 230 Å². The van der Waals surface area contributed by atoms with E-state index in [9.17, 15) is 4.79 Å². The number of hydroxylamine groups is 2. The monoisotopic (exact) mass is 540 g/mol. The standard InChI is InChI=1S/C28H28N8O2S/c1-19-25(36(23-11-7-4-8-12-23)32-27(19)21-14-29-34(2)15-21)13-26(37)30-24-17-35(16-22-18-39-33-31-22)38-28(24)20-9-5-3-6-10-20/h3-12,14-15,18,24,28H,13,16-17H2,1-2H3,(H,30,37)/t24-,28+/m1/s1. The highest BCUT2D eigenvalue weighted by molar-refractivity contribution is 7.03. The Morgan fingerprint density at radius 1 is 1.13 bits per heavy atom. The number of nitrogens with zero attached hydrogens (tertiary/aromatic N) is 7. The number of amides is 1. The predicted molar refractivity (Wildman–Crippen MR) is 147 cm³/mol. The lowest BCUT2D eigenvalue weighted by Crippen LogP contribution is -2.40. The van der Waals surface area contributed by atoms with E-state index >= 15 is 0 Å². The third kappa shape index (κ3) is 5.37. The summed E-state index contributed by atoms with van der Waals surface area (Å²) in [6, 6.07) is 19.6. The maximum Gasteiger partial charge on any atom is 0.226 e. The van der Waals surface area contributed by atoms with Crippen LogP contribution in [-0.4, -0.2) is 52.7 Å². The van der Waals surface area contributed by atoms with E-state index in [-0.39, 0.29) is 24.5 Å². The van der Waals surface area contributed by atoms with Crippen molar-refractivity contribution in [2.24, 2.45) is 7.05 Å². The molecule has 0 radical (unpaired) electrons. The van der Waals surface area contributed by atoms with Crippen LogP contribution in [0.15, 0.2) is 78.4 Å². The van der Waals surface area contributed by atoms with Crippen LogP contribution in [0.2, 0.25) is 0 Å². The van der Waals surface area contributed by atoms with Gasteiger partial charge in [0.2, 0.25) is 5.91 Å². The van der Waals surface area contributed by atoms with E-state index in [4.69, 9.17) is 9.94 Å². The third-order valence-corrected chi connectivity index (χ3v) is 7.35. The number of rotatable bonds is 8. The summed E-state index contributed by atoms with van der Waals surface area (Å²) in [6.45, 7) is 3.04. The molecule has 0 bridgehead atoms. The Balaban J connectivity index is 1.26. The van der Waals surface area contributed by atoms with Crippen LogP contribution in [0.1, 0.15) is 28.6 Å². The highest BCUT2D eigenvalue weighted by Crippen LogP contribution is 2.31. The molecular weight excluding hydrogens is 512 g/mol. The van der Waals surface area contributed by atoms with Gasteiger partial charge in [-0.1, -0.05) is 53.0 Å². The highest BCUT2D eigenvalue weighted by atomic mass is 32.1. The summed E-state index contributed by atoms with van der Waals surface area (Å²) in [6.07, 6.45) is 3.58. The molecule has 11 heteroatoms. The van der Waals surface area contributed by atoms with E-state index in [0.29, 0.717) is 13.1 Å². The molecule has 0 spiro atoms. The van der Waals surface area contributed by atoms with Gasteiger partial charge in [0.25, 0.3) is 0 Å². The molecule has 0 saturated carbocycles. The predicted octanol–water partition coefficient (Wildman–Crippen LogP) is 3.65. The van der Waals surface area contributed by atoms with E-state index in [1.807, 2.05) is 96.0 Å². The van der Waals surface area contributed by atoms with Crippen LogP contribution in [-0.2, 0) is 29.6 Å². The van der Waals surface area contributed by atoms with Gasteiger partial charge in [-0.2, -0.15) is 15.3 Å². The molecule has 6 rings (SSSR count). The fourth-order valence-electron chi connectivity index (χ4n) is 4.93. The molecule has 0 unspecified atom stereocenters.